The number of carbonyl (C=O) groups is 1. The molecule has 1 fully saturated rings. The van der Waals surface area contributed by atoms with E-state index in [9.17, 15) is 9.18 Å². The maximum Gasteiger partial charge on any atom is 0.335 e. The molecular weight excluding hydrogens is 319 g/mol. The van der Waals surface area contributed by atoms with Crippen LogP contribution in [0.25, 0.3) is 0 Å². The number of aromatic carboxylic acids is 1. The van der Waals surface area contributed by atoms with Crippen LogP contribution >= 0.6 is 0 Å². The van der Waals surface area contributed by atoms with Crippen molar-refractivity contribution in [1.29, 1.82) is 0 Å². The summed E-state index contributed by atoms with van der Waals surface area (Å²) in [5.41, 5.74) is 2.46. The topological polar surface area (TPSA) is 52.6 Å². The van der Waals surface area contributed by atoms with Crippen molar-refractivity contribution in [1.82, 2.24) is 10.2 Å². The Labute approximate surface area is 147 Å². The highest BCUT2D eigenvalue weighted by molar-refractivity contribution is 5.87. The Morgan fingerprint density at radius 2 is 1.84 bits per heavy atom. The lowest BCUT2D eigenvalue weighted by molar-refractivity contribution is 0.0696. The third kappa shape index (κ3) is 5.11. The number of carboxylic acid groups (broad SMARTS) is 1. The van der Waals surface area contributed by atoms with E-state index in [0.29, 0.717) is 18.2 Å². The minimum absolute atomic E-state index is 0.196. The van der Waals surface area contributed by atoms with Crippen molar-refractivity contribution < 1.29 is 14.3 Å². The van der Waals surface area contributed by atoms with Gasteiger partial charge in [0.1, 0.15) is 5.82 Å². The lowest BCUT2D eigenvalue weighted by atomic mass is 10.0. The smallest absolute Gasteiger partial charge is 0.335 e. The van der Waals surface area contributed by atoms with Crippen molar-refractivity contribution in [2.45, 2.75) is 32.0 Å². The second-order valence-corrected chi connectivity index (χ2v) is 6.56. The van der Waals surface area contributed by atoms with E-state index in [4.69, 9.17) is 5.11 Å². The fourth-order valence-electron chi connectivity index (χ4n) is 3.22. The zero-order valence-electron chi connectivity index (χ0n) is 14.1. The Hall–Kier alpha value is -2.24. The van der Waals surface area contributed by atoms with E-state index >= 15 is 0 Å². The Balaban J connectivity index is 1.44. The largest absolute Gasteiger partial charge is 0.478 e. The molecule has 1 aliphatic heterocycles. The molecule has 0 aromatic heterocycles. The van der Waals surface area contributed by atoms with Gasteiger partial charge in [0.15, 0.2) is 0 Å². The second kappa shape index (κ2) is 8.23. The van der Waals surface area contributed by atoms with Gasteiger partial charge >= 0.3 is 5.97 Å². The Morgan fingerprint density at radius 3 is 2.52 bits per heavy atom. The Bertz CT molecular complexity index is 710. The lowest BCUT2D eigenvalue weighted by Gasteiger charge is -2.32. The summed E-state index contributed by atoms with van der Waals surface area (Å²) in [7, 11) is 0. The molecule has 132 valence electrons. The van der Waals surface area contributed by atoms with Crippen LogP contribution in [-0.4, -0.2) is 35.1 Å². The van der Waals surface area contributed by atoms with Gasteiger partial charge in [-0.1, -0.05) is 24.3 Å². The molecule has 0 spiro atoms. The van der Waals surface area contributed by atoms with Crippen molar-refractivity contribution in [2.75, 3.05) is 13.1 Å². The average Bonchev–Trinajstić information content (AvgIpc) is 2.63. The molecule has 0 atom stereocenters. The van der Waals surface area contributed by atoms with Crippen LogP contribution in [0.1, 0.15) is 34.3 Å². The summed E-state index contributed by atoms with van der Waals surface area (Å²) in [6.07, 6.45) is 2.11. The van der Waals surface area contributed by atoms with Crippen LogP contribution in [0.3, 0.4) is 0 Å². The number of likely N-dealkylation sites (tertiary alicyclic amines) is 1. The quantitative estimate of drug-likeness (QED) is 0.846. The molecule has 4 nitrogen and oxygen atoms in total. The molecule has 2 N–H and O–H groups in total. The summed E-state index contributed by atoms with van der Waals surface area (Å²) in [6, 6.07) is 14.2. The van der Waals surface area contributed by atoms with Crippen LogP contribution in [0.4, 0.5) is 4.39 Å². The van der Waals surface area contributed by atoms with E-state index in [-0.39, 0.29) is 5.82 Å². The predicted molar refractivity (Wildman–Crippen MR) is 94.9 cm³/mol. The molecule has 0 saturated carbocycles. The van der Waals surface area contributed by atoms with Gasteiger partial charge in [-0.15, -0.1) is 0 Å². The molecule has 1 heterocycles. The predicted octanol–water partition coefficient (Wildman–Crippen LogP) is 3.28. The lowest BCUT2D eigenvalue weighted by Crippen LogP contribution is -2.41. The molecule has 0 amide bonds. The number of halogens is 1. The normalized spacial score (nSPS) is 16.0. The van der Waals surface area contributed by atoms with Crippen molar-refractivity contribution in [3.05, 3.63) is 71.0 Å². The van der Waals surface area contributed by atoms with Crippen LogP contribution in [0.5, 0.6) is 0 Å². The van der Waals surface area contributed by atoms with Crippen molar-refractivity contribution in [2.24, 2.45) is 0 Å². The highest BCUT2D eigenvalue weighted by Gasteiger charge is 2.18. The van der Waals surface area contributed by atoms with Crippen molar-refractivity contribution in [3.63, 3.8) is 0 Å². The number of nitrogens with one attached hydrogen (secondary N) is 1. The molecule has 2 aromatic rings. The summed E-state index contributed by atoms with van der Waals surface area (Å²) in [6.45, 7) is 3.55. The fourth-order valence-corrected chi connectivity index (χ4v) is 3.22. The van der Waals surface area contributed by atoms with Crippen LogP contribution in [-0.2, 0) is 13.1 Å². The van der Waals surface area contributed by atoms with Gasteiger partial charge in [-0.2, -0.15) is 0 Å². The van der Waals surface area contributed by atoms with E-state index in [2.05, 4.69) is 10.2 Å². The van der Waals surface area contributed by atoms with E-state index in [1.54, 1.807) is 18.2 Å². The number of benzene rings is 2. The maximum atomic E-state index is 13.0. The highest BCUT2D eigenvalue weighted by Crippen LogP contribution is 2.15. The van der Waals surface area contributed by atoms with Crippen LogP contribution in [0.15, 0.2) is 48.5 Å². The Kier molecular flexibility index (Phi) is 5.79. The van der Waals surface area contributed by atoms with Gasteiger partial charge in [0.25, 0.3) is 0 Å². The molecule has 0 aliphatic carbocycles. The third-order valence-corrected chi connectivity index (χ3v) is 4.68. The van der Waals surface area contributed by atoms with Crippen molar-refractivity contribution in [3.8, 4) is 0 Å². The first-order chi connectivity index (χ1) is 12.1. The average molecular weight is 342 g/mol. The van der Waals surface area contributed by atoms with Crippen LogP contribution in [0.2, 0.25) is 0 Å². The van der Waals surface area contributed by atoms with E-state index in [0.717, 1.165) is 43.6 Å². The summed E-state index contributed by atoms with van der Waals surface area (Å²) in [5, 5.41) is 12.6. The van der Waals surface area contributed by atoms with E-state index in [1.807, 2.05) is 18.2 Å². The molecule has 1 aliphatic rings. The standard InChI is InChI=1S/C20H23FN2O2/c21-18-6-4-15(5-7-18)14-23-10-8-19(9-11-23)22-13-16-2-1-3-17(12-16)20(24)25/h1-7,12,19,22H,8-11,13-14H2,(H,24,25). The summed E-state index contributed by atoms with van der Waals surface area (Å²) >= 11 is 0. The molecule has 3 rings (SSSR count). The number of carboxylic acids is 1. The van der Waals surface area contributed by atoms with Crippen molar-refractivity contribution >= 4 is 5.97 Å². The molecule has 0 bridgehead atoms. The minimum atomic E-state index is -0.893. The summed E-state index contributed by atoms with van der Waals surface area (Å²) < 4.78 is 13.0. The number of hydrogen-bond acceptors (Lipinski definition) is 3. The molecule has 1 saturated heterocycles. The van der Waals surface area contributed by atoms with Gasteiger partial charge < -0.3 is 10.4 Å². The van der Waals surface area contributed by atoms with Gasteiger partial charge in [-0.05, 0) is 61.3 Å². The first-order valence-corrected chi connectivity index (χ1v) is 8.62. The maximum absolute atomic E-state index is 13.0. The van der Waals surface area contributed by atoms with E-state index in [1.165, 1.54) is 12.1 Å². The minimum Gasteiger partial charge on any atom is -0.478 e. The van der Waals surface area contributed by atoms with E-state index < -0.39 is 5.97 Å². The van der Waals surface area contributed by atoms with Crippen LogP contribution in [0, 0.1) is 5.82 Å². The first-order valence-electron chi connectivity index (χ1n) is 8.62. The number of piperidine rings is 1. The van der Waals surface area contributed by atoms with Gasteiger partial charge in [-0.3, -0.25) is 4.90 Å². The SMILES string of the molecule is O=C(O)c1cccc(CNC2CCN(Cc3ccc(F)cc3)CC2)c1. The third-order valence-electron chi connectivity index (χ3n) is 4.68. The van der Waals surface area contributed by atoms with Crippen LogP contribution < -0.4 is 5.32 Å². The number of hydrogen-bond donors (Lipinski definition) is 2. The Morgan fingerprint density at radius 1 is 1.12 bits per heavy atom. The summed E-state index contributed by atoms with van der Waals surface area (Å²) in [4.78, 5) is 13.4. The second-order valence-electron chi connectivity index (χ2n) is 6.56. The molecule has 5 heteroatoms. The molecule has 25 heavy (non-hydrogen) atoms. The highest BCUT2D eigenvalue weighted by atomic mass is 19.1. The fraction of sp³-hybridized carbons (Fsp3) is 0.350. The van der Waals surface area contributed by atoms with Gasteiger partial charge in [-0.25, -0.2) is 9.18 Å². The zero-order chi connectivity index (χ0) is 17.6. The van der Waals surface area contributed by atoms with Gasteiger partial charge in [0.05, 0.1) is 5.56 Å². The molecule has 0 radical (unpaired) electrons. The monoisotopic (exact) mass is 342 g/mol. The number of rotatable bonds is 6. The van der Waals surface area contributed by atoms with Gasteiger partial charge in [0, 0.05) is 19.1 Å². The summed E-state index contributed by atoms with van der Waals surface area (Å²) in [5.74, 6) is -1.09. The van der Waals surface area contributed by atoms with Gasteiger partial charge in [0.2, 0.25) is 0 Å². The molecular formula is C20H23FN2O2. The number of nitrogens with zero attached hydrogens (tertiary/aromatic N) is 1. The first kappa shape index (κ1) is 17.6. The zero-order valence-corrected chi connectivity index (χ0v) is 14.1. The molecule has 2 aromatic carbocycles. The molecule has 0 unspecified atom stereocenters.